The highest BCUT2D eigenvalue weighted by Crippen LogP contribution is 2.47. The van der Waals surface area contributed by atoms with Gasteiger partial charge in [0.05, 0.1) is 6.61 Å². The number of aliphatic hydroxyl groups excluding tert-OH is 1. The molecule has 0 aliphatic heterocycles. The van der Waals surface area contributed by atoms with Gasteiger partial charge < -0.3 is 5.11 Å². The van der Waals surface area contributed by atoms with E-state index in [0.29, 0.717) is 11.8 Å². The molecule has 0 aromatic heterocycles. The topological polar surface area (TPSA) is 20.2 Å². The van der Waals surface area contributed by atoms with Crippen LogP contribution in [0.15, 0.2) is 23.8 Å². The molecule has 1 N–H and O–H groups in total. The Morgan fingerprint density at radius 2 is 2.19 bits per heavy atom. The minimum absolute atomic E-state index is 0.162. The number of allylic oxidation sites excluding steroid dienone is 2. The Balaban J connectivity index is 2.22. The van der Waals surface area contributed by atoms with Gasteiger partial charge in [0.1, 0.15) is 0 Å². The largest absolute Gasteiger partial charge is 0.392 e. The summed E-state index contributed by atoms with van der Waals surface area (Å²) in [6, 6.07) is 0. The van der Waals surface area contributed by atoms with Crippen molar-refractivity contribution in [2.75, 3.05) is 6.61 Å². The maximum Gasteiger partial charge on any atom is 0.0642 e. The average Bonchev–Trinajstić information content (AvgIpc) is 2.28. The predicted molar refractivity (Wildman–Crippen MR) is 68.1 cm³/mol. The van der Waals surface area contributed by atoms with Gasteiger partial charge in [-0.05, 0) is 61.9 Å². The molecular formula is C15H24O. The van der Waals surface area contributed by atoms with Crippen LogP contribution in [0.3, 0.4) is 0 Å². The van der Waals surface area contributed by atoms with Gasteiger partial charge in [0.15, 0.2) is 0 Å². The van der Waals surface area contributed by atoms with Crippen molar-refractivity contribution in [3.63, 3.8) is 0 Å². The Labute approximate surface area is 99.3 Å². The lowest BCUT2D eigenvalue weighted by Gasteiger charge is -2.44. The molecule has 1 heteroatoms. The van der Waals surface area contributed by atoms with Gasteiger partial charge in [-0.3, -0.25) is 0 Å². The second kappa shape index (κ2) is 4.75. The van der Waals surface area contributed by atoms with Crippen LogP contribution < -0.4 is 0 Å². The van der Waals surface area contributed by atoms with Gasteiger partial charge in [-0.1, -0.05) is 25.2 Å². The number of hydrogen-bond acceptors (Lipinski definition) is 1. The monoisotopic (exact) mass is 220 g/mol. The van der Waals surface area contributed by atoms with Crippen LogP contribution in [0.5, 0.6) is 0 Å². The van der Waals surface area contributed by atoms with Crippen molar-refractivity contribution in [1.82, 2.24) is 0 Å². The molecule has 0 amide bonds. The lowest BCUT2D eigenvalue weighted by atomic mass is 9.61. The van der Waals surface area contributed by atoms with E-state index in [1.165, 1.54) is 31.3 Å². The van der Waals surface area contributed by atoms with E-state index >= 15 is 0 Å². The van der Waals surface area contributed by atoms with Crippen molar-refractivity contribution >= 4 is 0 Å². The SMILES string of the molecule is C=C(CO)[C@@H]1CC[C@@H](C)C2CCC(C)=CC21. The first kappa shape index (κ1) is 11.9. The van der Waals surface area contributed by atoms with Crippen LogP contribution >= 0.6 is 0 Å². The Kier molecular flexibility index (Phi) is 3.53. The third kappa shape index (κ3) is 2.10. The van der Waals surface area contributed by atoms with Crippen LogP contribution in [0.4, 0.5) is 0 Å². The summed E-state index contributed by atoms with van der Waals surface area (Å²) in [5.41, 5.74) is 2.58. The van der Waals surface area contributed by atoms with Crippen molar-refractivity contribution in [2.45, 2.75) is 39.5 Å². The normalized spacial score (nSPS) is 38.8. The molecule has 1 fully saturated rings. The molecular weight excluding hydrogens is 196 g/mol. The number of fused-ring (bicyclic) bond motifs is 1. The van der Waals surface area contributed by atoms with Gasteiger partial charge in [-0.15, -0.1) is 0 Å². The third-order valence-electron chi connectivity index (χ3n) is 4.70. The number of aliphatic hydroxyl groups is 1. The van der Waals surface area contributed by atoms with Crippen LogP contribution in [0, 0.1) is 23.7 Å². The first-order valence-corrected chi connectivity index (χ1v) is 6.59. The smallest absolute Gasteiger partial charge is 0.0642 e. The van der Waals surface area contributed by atoms with E-state index in [2.05, 4.69) is 26.5 Å². The molecule has 1 saturated carbocycles. The maximum absolute atomic E-state index is 9.29. The summed E-state index contributed by atoms with van der Waals surface area (Å²) in [5, 5.41) is 9.29. The fraction of sp³-hybridized carbons (Fsp3) is 0.733. The highest BCUT2D eigenvalue weighted by atomic mass is 16.3. The van der Waals surface area contributed by atoms with Gasteiger partial charge in [-0.2, -0.15) is 0 Å². The van der Waals surface area contributed by atoms with Gasteiger partial charge in [0.2, 0.25) is 0 Å². The molecule has 0 aromatic carbocycles. The molecule has 1 nitrogen and oxygen atoms in total. The summed E-state index contributed by atoms with van der Waals surface area (Å²) in [5.74, 6) is 2.85. The molecule has 0 heterocycles. The number of rotatable bonds is 2. The predicted octanol–water partition coefficient (Wildman–Crippen LogP) is 3.55. The molecule has 4 atom stereocenters. The highest BCUT2D eigenvalue weighted by Gasteiger charge is 2.38. The third-order valence-corrected chi connectivity index (χ3v) is 4.70. The lowest BCUT2D eigenvalue weighted by molar-refractivity contribution is 0.127. The molecule has 2 unspecified atom stereocenters. The van der Waals surface area contributed by atoms with E-state index in [1.54, 1.807) is 0 Å². The average molecular weight is 220 g/mol. The van der Waals surface area contributed by atoms with Crippen LogP contribution in [0.2, 0.25) is 0 Å². The molecule has 2 aliphatic rings. The summed E-state index contributed by atoms with van der Waals surface area (Å²) in [6.45, 7) is 8.86. The Morgan fingerprint density at radius 1 is 1.44 bits per heavy atom. The van der Waals surface area contributed by atoms with Crippen molar-refractivity contribution < 1.29 is 5.11 Å². The van der Waals surface area contributed by atoms with Crippen LogP contribution in [-0.4, -0.2) is 11.7 Å². The Morgan fingerprint density at radius 3 is 2.88 bits per heavy atom. The summed E-state index contributed by atoms with van der Waals surface area (Å²) >= 11 is 0. The Bertz CT molecular complexity index is 303. The molecule has 90 valence electrons. The van der Waals surface area contributed by atoms with Crippen LogP contribution in [-0.2, 0) is 0 Å². The Hall–Kier alpha value is -0.560. The first-order chi connectivity index (χ1) is 7.63. The summed E-state index contributed by atoms with van der Waals surface area (Å²) in [4.78, 5) is 0. The minimum Gasteiger partial charge on any atom is -0.392 e. The van der Waals surface area contributed by atoms with Gasteiger partial charge in [-0.25, -0.2) is 0 Å². The summed E-state index contributed by atoms with van der Waals surface area (Å²) in [7, 11) is 0. The van der Waals surface area contributed by atoms with Gasteiger partial charge in [0, 0.05) is 0 Å². The second-order valence-electron chi connectivity index (χ2n) is 5.77. The number of hydrogen-bond donors (Lipinski definition) is 1. The van der Waals surface area contributed by atoms with Gasteiger partial charge in [0.25, 0.3) is 0 Å². The van der Waals surface area contributed by atoms with E-state index in [-0.39, 0.29) is 6.61 Å². The lowest BCUT2D eigenvalue weighted by Crippen LogP contribution is -2.35. The summed E-state index contributed by atoms with van der Waals surface area (Å²) < 4.78 is 0. The van der Waals surface area contributed by atoms with E-state index < -0.39 is 0 Å². The molecule has 0 bridgehead atoms. The van der Waals surface area contributed by atoms with Gasteiger partial charge >= 0.3 is 0 Å². The van der Waals surface area contributed by atoms with E-state index in [1.807, 2.05) is 0 Å². The van der Waals surface area contributed by atoms with Crippen molar-refractivity contribution in [3.05, 3.63) is 23.8 Å². The molecule has 0 radical (unpaired) electrons. The van der Waals surface area contributed by atoms with E-state index in [0.717, 1.165) is 17.4 Å². The first-order valence-electron chi connectivity index (χ1n) is 6.59. The van der Waals surface area contributed by atoms with E-state index in [4.69, 9.17) is 0 Å². The standard InChI is InChI=1S/C15H24O/c1-10-4-6-13-11(2)5-7-14(12(3)9-16)15(13)8-10/h8,11,13-16H,3-7,9H2,1-2H3/t11-,13?,14+,15?/m1/s1. The molecule has 0 aromatic rings. The molecule has 0 spiro atoms. The minimum atomic E-state index is 0.162. The zero-order valence-electron chi connectivity index (χ0n) is 10.6. The van der Waals surface area contributed by atoms with Crippen LogP contribution in [0.1, 0.15) is 39.5 Å². The zero-order valence-corrected chi connectivity index (χ0v) is 10.6. The quantitative estimate of drug-likeness (QED) is 0.706. The van der Waals surface area contributed by atoms with E-state index in [9.17, 15) is 5.11 Å². The fourth-order valence-electron chi connectivity index (χ4n) is 3.64. The molecule has 2 rings (SSSR count). The van der Waals surface area contributed by atoms with Crippen LogP contribution in [0.25, 0.3) is 0 Å². The highest BCUT2D eigenvalue weighted by molar-refractivity contribution is 5.16. The second-order valence-corrected chi connectivity index (χ2v) is 5.77. The van der Waals surface area contributed by atoms with Crippen molar-refractivity contribution in [3.8, 4) is 0 Å². The fourth-order valence-corrected chi connectivity index (χ4v) is 3.64. The summed E-state index contributed by atoms with van der Waals surface area (Å²) in [6.07, 6.45) is 7.59. The zero-order chi connectivity index (χ0) is 11.7. The van der Waals surface area contributed by atoms with Crippen molar-refractivity contribution in [1.29, 1.82) is 0 Å². The molecule has 16 heavy (non-hydrogen) atoms. The van der Waals surface area contributed by atoms with Crippen molar-refractivity contribution in [2.24, 2.45) is 23.7 Å². The molecule has 0 saturated heterocycles. The molecule has 2 aliphatic carbocycles. The maximum atomic E-state index is 9.29.